The second-order valence-corrected chi connectivity index (χ2v) is 10.5. The van der Waals surface area contributed by atoms with Crippen LogP contribution in [0.2, 0.25) is 13.1 Å². The highest BCUT2D eigenvalue weighted by molar-refractivity contribution is 7.85. The van der Waals surface area contributed by atoms with Crippen LogP contribution in [-0.4, -0.2) is 65.6 Å². The minimum Gasteiger partial charge on any atom is -0.391 e. The molecule has 0 N–H and O–H groups in total. The first kappa shape index (κ1) is 20.6. The Bertz CT molecular complexity index is 502. The molecule has 1 aliphatic rings. The standard InChI is InChI=1S/C14H28NO6SSi/c1-14(2,3)20-13(21-23(5)6)11-7-8-12(16)15(11)9-10-19-22(4,17)18/h11,13H,7-10H2,1-6H3/t11-,13?/m1/s1. The number of hydrogen-bond acceptors (Lipinski definition) is 6. The van der Waals surface area contributed by atoms with Gasteiger partial charge in [-0.1, -0.05) is 0 Å². The minimum absolute atomic E-state index is 0.0285. The van der Waals surface area contributed by atoms with Crippen LogP contribution in [0.25, 0.3) is 0 Å². The van der Waals surface area contributed by atoms with E-state index in [1.54, 1.807) is 4.90 Å². The maximum atomic E-state index is 12.1. The highest BCUT2D eigenvalue weighted by atomic mass is 32.2. The van der Waals surface area contributed by atoms with Gasteiger partial charge < -0.3 is 14.1 Å². The summed E-state index contributed by atoms with van der Waals surface area (Å²) in [6.45, 7) is 9.99. The summed E-state index contributed by atoms with van der Waals surface area (Å²) in [6, 6.07) is -0.218. The van der Waals surface area contributed by atoms with Gasteiger partial charge >= 0.3 is 0 Å². The number of ether oxygens (including phenoxy) is 1. The van der Waals surface area contributed by atoms with Gasteiger partial charge in [0, 0.05) is 13.0 Å². The maximum absolute atomic E-state index is 12.1. The van der Waals surface area contributed by atoms with Crippen LogP contribution in [0.15, 0.2) is 0 Å². The molecule has 0 aliphatic carbocycles. The van der Waals surface area contributed by atoms with Crippen molar-refractivity contribution in [2.75, 3.05) is 19.4 Å². The molecule has 1 rings (SSSR count). The number of amides is 1. The van der Waals surface area contributed by atoms with Crippen molar-refractivity contribution >= 4 is 25.1 Å². The minimum atomic E-state index is -3.51. The fourth-order valence-electron chi connectivity index (χ4n) is 2.38. The van der Waals surface area contributed by atoms with Crippen molar-refractivity contribution in [2.45, 2.75) is 64.6 Å². The zero-order valence-corrected chi connectivity index (χ0v) is 16.6. The third-order valence-electron chi connectivity index (χ3n) is 3.14. The van der Waals surface area contributed by atoms with Crippen molar-refractivity contribution in [1.82, 2.24) is 4.90 Å². The van der Waals surface area contributed by atoms with Gasteiger partial charge in [-0.2, -0.15) is 8.42 Å². The fourth-order valence-corrected chi connectivity index (χ4v) is 3.43. The Kier molecular flexibility index (Phi) is 7.21. The molecule has 0 aromatic heterocycles. The first-order valence-electron chi connectivity index (χ1n) is 7.67. The van der Waals surface area contributed by atoms with E-state index < -0.39 is 31.0 Å². The number of rotatable bonds is 8. The van der Waals surface area contributed by atoms with Crippen LogP contribution in [0.3, 0.4) is 0 Å². The highest BCUT2D eigenvalue weighted by Gasteiger charge is 2.39. The van der Waals surface area contributed by atoms with Gasteiger partial charge in [0.05, 0.1) is 24.5 Å². The van der Waals surface area contributed by atoms with Gasteiger partial charge in [0.2, 0.25) is 14.9 Å². The third-order valence-corrected chi connectivity index (χ3v) is 4.44. The Hall–Kier alpha value is -0.483. The molecule has 1 amide bonds. The molecule has 2 atom stereocenters. The molecule has 1 heterocycles. The molecule has 23 heavy (non-hydrogen) atoms. The molecule has 1 aliphatic heterocycles. The van der Waals surface area contributed by atoms with Crippen molar-refractivity contribution in [3.05, 3.63) is 0 Å². The molecule has 135 valence electrons. The molecule has 7 nitrogen and oxygen atoms in total. The maximum Gasteiger partial charge on any atom is 0.264 e. The summed E-state index contributed by atoms with van der Waals surface area (Å²) in [5, 5.41) is 0. The van der Waals surface area contributed by atoms with Crippen molar-refractivity contribution < 1.29 is 26.6 Å². The molecule has 0 saturated carbocycles. The van der Waals surface area contributed by atoms with Gasteiger partial charge in [0.25, 0.3) is 10.1 Å². The number of carbonyl (C=O) groups is 1. The summed E-state index contributed by atoms with van der Waals surface area (Å²) >= 11 is 0. The van der Waals surface area contributed by atoms with E-state index >= 15 is 0 Å². The Morgan fingerprint density at radius 2 is 1.96 bits per heavy atom. The summed E-state index contributed by atoms with van der Waals surface area (Å²) in [5.41, 5.74) is -0.400. The van der Waals surface area contributed by atoms with Gasteiger partial charge in [-0.3, -0.25) is 8.98 Å². The van der Waals surface area contributed by atoms with E-state index in [-0.39, 0.29) is 25.1 Å². The third kappa shape index (κ3) is 7.75. The molecule has 0 aromatic rings. The molecule has 1 unspecified atom stereocenters. The molecular formula is C14H28NO6SSi. The largest absolute Gasteiger partial charge is 0.391 e. The molecule has 9 heteroatoms. The second-order valence-electron chi connectivity index (χ2n) is 6.84. The van der Waals surface area contributed by atoms with Crippen molar-refractivity contribution in [1.29, 1.82) is 0 Å². The van der Waals surface area contributed by atoms with E-state index in [4.69, 9.17) is 13.3 Å². The monoisotopic (exact) mass is 366 g/mol. The van der Waals surface area contributed by atoms with E-state index in [1.165, 1.54) is 0 Å². The lowest BCUT2D eigenvalue weighted by Gasteiger charge is -2.36. The van der Waals surface area contributed by atoms with Crippen LogP contribution in [0, 0.1) is 0 Å². The molecule has 0 spiro atoms. The molecule has 1 saturated heterocycles. The first-order valence-corrected chi connectivity index (χ1v) is 11.9. The van der Waals surface area contributed by atoms with E-state index in [0.717, 1.165) is 6.26 Å². The Labute approximate surface area is 141 Å². The zero-order chi connectivity index (χ0) is 17.8. The van der Waals surface area contributed by atoms with Gasteiger partial charge in [-0.15, -0.1) is 0 Å². The predicted molar refractivity (Wildman–Crippen MR) is 88.7 cm³/mol. The van der Waals surface area contributed by atoms with Gasteiger partial charge in [-0.25, -0.2) is 0 Å². The summed E-state index contributed by atoms with van der Waals surface area (Å²) in [6.07, 6.45) is 1.52. The van der Waals surface area contributed by atoms with Crippen LogP contribution in [0.5, 0.6) is 0 Å². The van der Waals surface area contributed by atoms with Crippen LogP contribution < -0.4 is 0 Å². The Morgan fingerprint density at radius 3 is 2.43 bits per heavy atom. The van der Waals surface area contributed by atoms with Crippen LogP contribution in [0.1, 0.15) is 33.6 Å². The van der Waals surface area contributed by atoms with E-state index in [0.29, 0.717) is 12.8 Å². The van der Waals surface area contributed by atoms with Gasteiger partial charge in [0.15, 0.2) is 6.29 Å². The second kappa shape index (κ2) is 8.06. The first-order chi connectivity index (χ1) is 10.4. The number of hydrogen-bond donors (Lipinski definition) is 0. The Balaban J connectivity index is 2.79. The fraction of sp³-hybridized carbons (Fsp3) is 0.929. The molecule has 1 fully saturated rings. The van der Waals surface area contributed by atoms with E-state index in [9.17, 15) is 13.2 Å². The quantitative estimate of drug-likeness (QED) is 0.366. The SMILES string of the molecule is C[Si](C)OC(OC(C)(C)C)[C@H]1CCC(=O)N1CCOS(C)(=O)=O. The summed E-state index contributed by atoms with van der Waals surface area (Å²) in [5.74, 6) is -0.0285. The van der Waals surface area contributed by atoms with E-state index in [1.807, 2.05) is 33.9 Å². The van der Waals surface area contributed by atoms with Crippen molar-refractivity contribution in [2.24, 2.45) is 0 Å². The van der Waals surface area contributed by atoms with Crippen molar-refractivity contribution in [3.8, 4) is 0 Å². The van der Waals surface area contributed by atoms with Crippen LogP contribution in [-0.2, 0) is 28.3 Å². The lowest BCUT2D eigenvalue weighted by molar-refractivity contribution is -0.183. The lowest BCUT2D eigenvalue weighted by Crippen LogP contribution is -2.48. The number of carbonyl (C=O) groups excluding carboxylic acids is 1. The molecular weight excluding hydrogens is 338 g/mol. The highest BCUT2D eigenvalue weighted by Crippen LogP contribution is 2.27. The van der Waals surface area contributed by atoms with E-state index in [2.05, 4.69) is 0 Å². The number of nitrogens with zero attached hydrogens (tertiary/aromatic N) is 1. The van der Waals surface area contributed by atoms with Crippen molar-refractivity contribution in [3.63, 3.8) is 0 Å². The smallest absolute Gasteiger partial charge is 0.264 e. The van der Waals surface area contributed by atoms with Gasteiger partial charge in [-0.05, 0) is 40.3 Å². The lowest BCUT2D eigenvalue weighted by atomic mass is 10.1. The van der Waals surface area contributed by atoms with Gasteiger partial charge in [0.1, 0.15) is 0 Å². The van der Waals surface area contributed by atoms with Crippen LogP contribution in [0.4, 0.5) is 0 Å². The predicted octanol–water partition coefficient (Wildman–Crippen LogP) is 1.36. The average molecular weight is 367 g/mol. The molecule has 0 aromatic carbocycles. The van der Waals surface area contributed by atoms with Crippen LogP contribution >= 0.6 is 0 Å². The zero-order valence-electron chi connectivity index (χ0n) is 14.8. The Morgan fingerprint density at radius 1 is 1.35 bits per heavy atom. The number of likely N-dealkylation sites (tertiary alicyclic amines) is 1. The summed E-state index contributed by atoms with van der Waals surface area (Å²) < 4.78 is 38.9. The average Bonchev–Trinajstić information content (AvgIpc) is 2.66. The molecule has 0 bridgehead atoms. The summed E-state index contributed by atoms with van der Waals surface area (Å²) in [4.78, 5) is 13.7. The normalized spacial score (nSPS) is 21.3. The topological polar surface area (TPSA) is 82.1 Å². The summed E-state index contributed by atoms with van der Waals surface area (Å²) in [7, 11) is -4.53. The molecule has 1 radical (unpaired) electrons.